The van der Waals surface area contributed by atoms with Gasteiger partial charge in [0.15, 0.2) is 0 Å². The fourth-order valence-corrected chi connectivity index (χ4v) is 3.10. The second-order valence-electron chi connectivity index (χ2n) is 5.84. The highest BCUT2D eigenvalue weighted by atomic mass is 35.5. The lowest BCUT2D eigenvalue weighted by Gasteiger charge is -2.07. The van der Waals surface area contributed by atoms with Gasteiger partial charge in [0.25, 0.3) is 0 Å². The number of nitrogens with one attached hydrogen (secondary N) is 1. The maximum atomic E-state index is 11.0. The summed E-state index contributed by atoms with van der Waals surface area (Å²) in [6, 6.07) is 13.8. The first-order chi connectivity index (χ1) is 10.6. The molecule has 0 unspecified atom stereocenters. The number of hydrogen-bond acceptors (Lipinski definition) is 1. The summed E-state index contributed by atoms with van der Waals surface area (Å²) in [6.07, 6.45) is 2.47. The molecule has 0 bridgehead atoms. The Balaban J connectivity index is 1.81. The molecule has 110 valence electrons. The zero-order valence-corrected chi connectivity index (χ0v) is 12.5. The predicted octanol–water partition coefficient (Wildman–Crippen LogP) is 5.06. The second-order valence-corrected chi connectivity index (χ2v) is 6.27. The van der Waals surface area contributed by atoms with Crippen LogP contribution in [-0.2, 0) is 0 Å². The Morgan fingerprint density at radius 2 is 1.91 bits per heavy atom. The number of aromatic carboxylic acids is 1. The van der Waals surface area contributed by atoms with Crippen LogP contribution in [0, 0.1) is 0 Å². The molecule has 3 aromatic rings. The highest BCUT2D eigenvalue weighted by Crippen LogP contribution is 2.42. The van der Waals surface area contributed by atoms with Gasteiger partial charge in [0.05, 0.1) is 0 Å². The van der Waals surface area contributed by atoms with E-state index < -0.39 is 5.97 Å². The number of aromatic amines is 1. The number of benzene rings is 2. The Morgan fingerprint density at radius 1 is 1.09 bits per heavy atom. The van der Waals surface area contributed by atoms with Crippen molar-refractivity contribution in [1.29, 1.82) is 0 Å². The van der Waals surface area contributed by atoms with Crippen LogP contribution < -0.4 is 0 Å². The van der Waals surface area contributed by atoms with Crippen molar-refractivity contribution in [2.24, 2.45) is 0 Å². The number of fused-ring (bicyclic) bond motifs is 1. The fourth-order valence-electron chi connectivity index (χ4n) is 2.86. The summed E-state index contributed by atoms with van der Waals surface area (Å²) in [4.78, 5) is 13.9. The van der Waals surface area contributed by atoms with Crippen molar-refractivity contribution < 1.29 is 9.90 Å². The van der Waals surface area contributed by atoms with E-state index in [1.165, 1.54) is 18.4 Å². The van der Waals surface area contributed by atoms with Gasteiger partial charge < -0.3 is 10.1 Å². The van der Waals surface area contributed by atoms with Gasteiger partial charge in [0, 0.05) is 15.9 Å². The van der Waals surface area contributed by atoms with Crippen LogP contribution in [0.25, 0.3) is 22.0 Å². The molecule has 1 heterocycles. The third kappa shape index (κ3) is 2.38. The van der Waals surface area contributed by atoms with E-state index in [1.54, 1.807) is 6.07 Å². The van der Waals surface area contributed by atoms with Gasteiger partial charge in [-0.2, -0.15) is 0 Å². The first-order valence-electron chi connectivity index (χ1n) is 7.27. The van der Waals surface area contributed by atoms with Gasteiger partial charge in [-0.3, -0.25) is 0 Å². The van der Waals surface area contributed by atoms with E-state index in [-0.39, 0.29) is 5.69 Å². The predicted molar refractivity (Wildman–Crippen MR) is 87.7 cm³/mol. The fraction of sp³-hybridized carbons (Fsp3) is 0.167. The normalized spacial score (nSPS) is 14.4. The van der Waals surface area contributed by atoms with E-state index in [2.05, 4.69) is 11.1 Å². The van der Waals surface area contributed by atoms with Gasteiger partial charge in [-0.25, -0.2) is 4.79 Å². The molecule has 0 atom stereocenters. The molecule has 2 aromatic carbocycles. The van der Waals surface area contributed by atoms with E-state index in [1.807, 2.05) is 30.3 Å². The molecule has 1 aliphatic rings. The topological polar surface area (TPSA) is 53.1 Å². The quantitative estimate of drug-likeness (QED) is 0.710. The number of carbonyl (C=O) groups is 1. The van der Waals surface area contributed by atoms with Crippen LogP contribution in [0.1, 0.15) is 34.8 Å². The minimum Gasteiger partial charge on any atom is -0.477 e. The lowest BCUT2D eigenvalue weighted by molar-refractivity contribution is 0.0691. The summed E-state index contributed by atoms with van der Waals surface area (Å²) < 4.78 is 0. The van der Waals surface area contributed by atoms with Crippen molar-refractivity contribution in [3.8, 4) is 11.1 Å². The summed E-state index contributed by atoms with van der Waals surface area (Å²) in [6.45, 7) is 0. The van der Waals surface area contributed by atoms with Gasteiger partial charge in [-0.1, -0.05) is 23.7 Å². The van der Waals surface area contributed by atoms with Crippen molar-refractivity contribution >= 4 is 28.5 Å². The van der Waals surface area contributed by atoms with Gasteiger partial charge >= 0.3 is 5.97 Å². The average Bonchev–Trinajstić information content (AvgIpc) is 3.24. The number of H-pyrrole nitrogens is 1. The molecule has 4 heteroatoms. The minimum absolute atomic E-state index is 0.205. The molecule has 0 aliphatic heterocycles. The summed E-state index contributed by atoms with van der Waals surface area (Å²) in [5.74, 6) is -0.302. The number of rotatable bonds is 3. The molecule has 0 spiro atoms. The van der Waals surface area contributed by atoms with Crippen molar-refractivity contribution in [3.63, 3.8) is 0 Å². The van der Waals surface area contributed by atoms with Gasteiger partial charge in [-0.05, 0) is 65.8 Å². The lowest BCUT2D eigenvalue weighted by Crippen LogP contribution is -1.94. The van der Waals surface area contributed by atoms with E-state index in [4.69, 9.17) is 16.7 Å². The van der Waals surface area contributed by atoms with Crippen LogP contribution in [0.15, 0.2) is 42.5 Å². The molecule has 1 fully saturated rings. The van der Waals surface area contributed by atoms with Crippen LogP contribution in [-0.4, -0.2) is 16.1 Å². The molecular weight excluding hydrogens is 298 g/mol. The summed E-state index contributed by atoms with van der Waals surface area (Å²) in [5, 5.41) is 10.7. The molecule has 1 saturated carbocycles. The largest absolute Gasteiger partial charge is 0.477 e. The molecular formula is C18H14ClNO2. The monoisotopic (exact) mass is 311 g/mol. The lowest BCUT2D eigenvalue weighted by atomic mass is 10.00. The first-order valence-corrected chi connectivity index (χ1v) is 7.65. The Morgan fingerprint density at radius 3 is 2.64 bits per heavy atom. The third-order valence-corrected chi connectivity index (χ3v) is 4.37. The molecule has 0 radical (unpaired) electrons. The van der Waals surface area contributed by atoms with Crippen molar-refractivity contribution in [2.45, 2.75) is 18.8 Å². The Labute approximate surface area is 132 Å². The molecule has 3 nitrogen and oxygen atoms in total. The molecule has 1 aromatic heterocycles. The zero-order valence-electron chi connectivity index (χ0n) is 11.8. The Kier molecular flexibility index (Phi) is 2.98. The van der Waals surface area contributed by atoms with Gasteiger partial charge in [-0.15, -0.1) is 0 Å². The zero-order chi connectivity index (χ0) is 15.3. The van der Waals surface area contributed by atoms with E-state index in [9.17, 15) is 4.79 Å². The van der Waals surface area contributed by atoms with E-state index >= 15 is 0 Å². The van der Waals surface area contributed by atoms with Crippen LogP contribution >= 0.6 is 11.6 Å². The summed E-state index contributed by atoms with van der Waals surface area (Å²) in [5.41, 5.74) is 4.45. The molecule has 2 N–H and O–H groups in total. The molecule has 0 amide bonds. The number of carboxylic acids is 1. The maximum absolute atomic E-state index is 11.0. The number of halogens is 1. The average molecular weight is 312 g/mol. The SMILES string of the molecule is O=C(O)c1cc2cc(-c3cc(Cl)cc(C4CC4)c3)ccc2[nH]1. The van der Waals surface area contributed by atoms with Crippen molar-refractivity contribution in [2.75, 3.05) is 0 Å². The standard InChI is InChI=1S/C18H14ClNO2/c19-15-7-12(10-1-2-10)6-13(8-15)11-3-4-16-14(5-11)9-17(20-16)18(21)22/h3-10,20H,1-2H2,(H,21,22). The highest BCUT2D eigenvalue weighted by Gasteiger charge is 2.24. The molecule has 1 aliphatic carbocycles. The van der Waals surface area contributed by atoms with E-state index in [0.29, 0.717) is 5.92 Å². The Hall–Kier alpha value is -2.26. The van der Waals surface area contributed by atoms with Crippen LogP contribution in [0.2, 0.25) is 5.02 Å². The highest BCUT2D eigenvalue weighted by molar-refractivity contribution is 6.31. The van der Waals surface area contributed by atoms with Crippen molar-refractivity contribution in [1.82, 2.24) is 4.98 Å². The molecule has 4 rings (SSSR count). The van der Waals surface area contributed by atoms with Gasteiger partial charge in [0.2, 0.25) is 0 Å². The van der Waals surface area contributed by atoms with Crippen LogP contribution in [0.5, 0.6) is 0 Å². The third-order valence-electron chi connectivity index (χ3n) is 4.15. The first kappa shape index (κ1) is 13.4. The number of carboxylic acid groups (broad SMARTS) is 1. The van der Waals surface area contributed by atoms with Crippen molar-refractivity contribution in [3.05, 3.63) is 58.7 Å². The molecule has 22 heavy (non-hydrogen) atoms. The number of aromatic nitrogens is 1. The van der Waals surface area contributed by atoms with Gasteiger partial charge in [0.1, 0.15) is 5.69 Å². The smallest absolute Gasteiger partial charge is 0.352 e. The summed E-state index contributed by atoms with van der Waals surface area (Å²) in [7, 11) is 0. The second kappa shape index (κ2) is 4.89. The molecule has 0 saturated heterocycles. The minimum atomic E-state index is -0.948. The summed E-state index contributed by atoms with van der Waals surface area (Å²) >= 11 is 6.25. The number of hydrogen-bond donors (Lipinski definition) is 2. The van der Waals surface area contributed by atoms with E-state index in [0.717, 1.165) is 27.1 Å². The Bertz CT molecular complexity index is 893. The van der Waals surface area contributed by atoms with Crippen LogP contribution in [0.3, 0.4) is 0 Å². The van der Waals surface area contributed by atoms with Crippen LogP contribution in [0.4, 0.5) is 0 Å². The maximum Gasteiger partial charge on any atom is 0.352 e.